The van der Waals surface area contributed by atoms with Gasteiger partial charge in [-0.3, -0.25) is 0 Å². The summed E-state index contributed by atoms with van der Waals surface area (Å²) in [6, 6.07) is 10.2. The van der Waals surface area contributed by atoms with E-state index >= 15 is 0 Å². The molecular weight excluding hydrogens is 398 g/mol. The van der Waals surface area contributed by atoms with Gasteiger partial charge in [-0.2, -0.15) is 0 Å². The largest absolute Gasteiger partial charge is 0.388 e. The third-order valence-corrected chi connectivity index (χ3v) is 4.24. The number of hydrogen-bond acceptors (Lipinski definition) is 1. The zero-order valence-electron chi connectivity index (χ0n) is 9.71. The lowest BCUT2D eigenvalue weighted by Crippen LogP contribution is -2.04. The molecule has 0 saturated heterocycles. The number of aliphatic hydroxyl groups excluding tert-OH is 1. The van der Waals surface area contributed by atoms with Crippen LogP contribution in [0.1, 0.15) is 17.2 Å². The normalized spacial score (nSPS) is 12.5. The molecule has 2 aromatic carbocycles. The van der Waals surface area contributed by atoms with Crippen molar-refractivity contribution in [2.24, 2.45) is 0 Å². The summed E-state index contributed by atoms with van der Waals surface area (Å²) in [6.07, 6.45) is -0.623. The van der Waals surface area contributed by atoms with Crippen molar-refractivity contribution in [2.75, 3.05) is 0 Å². The molecule has 0 aromatic heterocycles. The van der Waals surface area contributed by atoms with Gasteiger partial charge in [-0.15, -0.1) is 0 Å². The Balaban J connectivity index is 2.25. The molecule has 0 amide bonds. The van der Waals surface area contributed by atoms with Crippen molar-refractivity contribution in [1.29, 1.82) is 0 Å². The van der Waals surface area contributed by atoms with E-state index < -0.39 is 11.9 Å². The number of rotatable bonds is 3. The molecule has 2 aromatic rings. The Morgan fingerprint density at radius 2 is 1.95 bits per heavy atom. The summed E-state index contributed by atoms with van der Waals surface area (Å²) >= 11 is 12.5. The standard InChI is InChI=1S/C14H10Br2ClFO/c15-9-4-5-10(11(16)7-9)13(19)6-8-2-1-3-12(17)14(8)18/h1-5,7,13,19H,6H2. The Morgan fingerprint density at radius 3 is 2.63 bits per heavy atom. The summed E-state index contributed by atoms with van der Waals surface area (Å²) in [6.45, 7) is 0. The fourth-order valence-corrected chi connectivity index (χ4v) is 3.30. The van der Waals surface area contributed by atoms with Gasteiger partial charge >= 0.3 is 0 Å². The van der Waals surface area contributed by atoms with Gasteiger partial charge in [-0.25, -0.2) is 4.39 Å². The maximum Gasteiger partial charge on any atom is 0.145 e. The van der Waals surface area contributed by atoms with E-state index in [1.54, 1.807) is 18.2 Å². The predicted molar refractivity (Wildman–Crippen MR) is 81.9 cm³/mol. The van der Waals surface area contributed by atoms with Crippen LogP contribution in [0.2, 0.25) is 5.02 Å². The highest BCUT2D eigenvalue weighted by Crippen LogP contribution is 2.30. The molecule has 0 fully saturated rings. The zero-order valence-corrected chi connectivity index (χ0v) is 13.6. The molecule has 1 N–H and O–H groups in total. The van der Waals surface area contributed by atoms with Gasteiger partial charge in [0, 0.05) is 15.4 Å². The molecular formula is C14H10Br2ClFO. The van der Waals surface area contributed by atoms with E-state index in [1.165, 1.54) is 6.07 Å². The lowest BCUT2D eigenvalue weighted by atomic mass is 10.0. The van der Waals surface area contributed by atoms with Crippen LogP contribution in [-0.2, 0) is 6.42 Å². The molecule has 0 aliphatic heterocycles. The van der Waals surface area contributed by atoms with E-state index in [4.69, 9.17) is 11.6 Å². The number of hydrogen-bond donors (Lipinski definition) is 1. The molecule has 1 nitrogen and oxygen atoms in total. The van der Waals surface area contributed by atoms with E-state index in [0.717, 1.165) is 8.95 Å². The summed E-state index contributed by atoms with van der Waals surface area (Å²) in [7, 11) is 0. The Hall–Kier alpha value is -0.420. The molecule has 1 atom stereocenters. The van der Waals surface area contributed by atoms with Crippen molar-refractivity contribution < 1.29 is 9.50 Å². The van der Waals surface area contributed by atoms with Crippen LogP contribution in [0.3, 0.4) is 0 Å². The minimum Gasteiger partial charge on any atom is -0.388 e. The van der Waals surface area contributed by atoms with Crippen LogP contribution in [0.25, 0.3) is 0 Å². The van der Waals surface area contributed by atoms with Crippen LogP contribution in [0.15, 0.2) is 45.3 Å². The SMILES string of the molecule is OC(Cc1cccc(Cl)c1F)c1ccc(Br)cc1Br. The van der Waals surface area contributed by atoms with E-state index in [1.807, 2.05) is 12.1 Å². The maximum atomic E-state index is 13.8. The number of halogens is 4. The second-order valence-electron chi connectivity index (χ2n) is 4.10. The summed E-state index contributed by atoms with van der Waals surface area (Å²) in [5.41, 5.74) is 1.11. The van der Waals surface area contributed by atoms with Crippen molar-refractivity contribution in [3.05, 3.63) is 67.3 Å². The van der Waals surface area contributed by atoms with Gasteiger partial charge < -0.3 is 5.11 Å². The molecule has 0 heterocycles. The highest BCUT2D eigenvalue weighted by Gasteiger charge is 2.15. The smallest absolute Gasteiger partial charge is 0.145 e. The average Bonchev–Trinajstić information content (AvgIpc) is 2.34. The van der Waals surface area contributed by atoms with Gasteiger partial charge in [0.1, 0.15) is 5.82 Å². The molecule has 0 saturated carbocycles. The lowest BCUT2D eigenvalue weighted by molar-refractivity contribution is 0.176. The van der Waals surface area contributed by atoms with E-state index in [9.17, 15) is 9.50 Å². The van der Waals surface area contributed by atoms with Crippen molar-refractivity contribution >= 4 is 43.5 Å². The first-order valence-electron chi connectivity index (χ1n) is 5.55. The topological polar surface area (TPSA) is 20.2 Å². The van der Waals surface area contributed by atoms with Gasteiger partial charge in [0.05, 0.1) is 11.1 Å². The van der Waals surface area contributed by atoms with Crippen LogP contribution < -0.4 is 0 Å². The van der Waals surface area contributed by atoms with Crippen LogP contribution in [-0.4, -0.2) is 5.11 Å². The van der Waals surface area contributed by atoms with Crippen LogP contribution >= 0.6 is 43.5 Å². The van der Waals surface area contributed by atoms with Crippen molar-refractivity contribution in [3.63, 3.8) is 0 Å². The molecule has 0 aliphatic rings. The summed E-state index contributed by atoms with van der Waals surface area (Å²) in [5.74, 6) is -0.476. The van der Waals surface area contributed by atoms with Gasteiger partial charge in [0.2, 0.25) is 0 Å². The minimum atomic E-state index is -0.796. The van der Waals surface area contributed by atoms with E-state index in [2.05, 4.69) is 31.9 Å². The third-order valence-electron chi connectivity index (χ3n) is 2.77. The molecule has 0 aliphatic carbocycles. The van der Waals surface area contributed by atoms with Crippen molar-refractivity contribution in [2.45, 2.75) is 12.5 Å². The first-order valence-corrected chi connectivity index (χ1v) is 7.51. The highest BCUT2D eigenvalue weighted by molar-refractivity contribution is 9.11. The highest BCUT2D eigenvalue weighted by atomic mass is 79.9. The molecule has 0 bridgehead atoms. The summed E-state index contributed by atoms with van der Waals surface area (Å²) < 4.78 is 15.5. The summed E-state index contributed by atoms with van der Waals surface area (Å²) in [4.78, 5) is 0. The number of benzene rings is 2. The van der Waals surface area contributed by atoms with Gasteiger partial charge in [0.25, 0.3) is 0 Å². The van der Waals surface area contributed by atoms with E-state index in [-0.39, 0.29) is 11.4 Å². The molecule has 0 radical (unpaired) electrons. The van der Waals surface area contributed by atoms with Crippen LogP contribution in [0.5, 0.6) is 0 Å². The lowest BCUT2D eigenvalue weighted by Gasteiger charge is -2.14. The maximum absolute atomic E-state index is 13.8. The Morgan fingerprint density at radius 1 is 1.21 bits per heavy atom. The van der Waals surface area contributed by atoms with Crippen molar-refractivity contribution in [1.82, 2.24) is 0 Å². The van der Waals surface area contributed by atoms with Crippen LogP contribution in [0, 0.1) is 5.82 Å². The van der Waals surface area contributed by atoms with Crippen LogP contribution in [0.4, 0.5) is 4.39 Å². The fourth-order valence-electron chi connectivity index (χ4n) is 1.80. The zero-order chi connectivity index (χ0) is 14.0. The number of aliphatic hydroxyl groups is 1. The van der Waals surface area contributed by atoms with Crippen molar-refractivity contribution in [3.8, 4) is 0 Å². The molecule has 5 heteroatoms. The average molecular weight is 408 g/mol. The molecule has 19 heavy (non-hydrogen) atoms. The monoisotopic (exact) mass is 406 g/mol. The van der Waals surface area contributed by atoms with Gasteiger partial charge in [-0.05, 0) is 29.3 Å². The fraction of sp³-hybridized carbons (Fsp3) is 0.143. The molecule has 1 unspecified atom stereocenters. The Kier molecular flexibility index (Phi) is 5.01. The third kappa shape index (κ3) is 3.57. The molecule has 0 spiro atoms. The summed E-state index contributed by atoms with van der Waals surface area (Å²) in [5, 5.41) is 10.3. The quantitative estimate of drug-likeness (QED) is 0.733. The Bertz CT molecular complexity index is 604. The first kappa shape index (κ1) is 15.0. The Labute approximate surface area is 132 Å². The predicted octanol–water partition coefficient (Wildman–Crippen LogP) is 5.28. The second-order valence-corrected chi connectivity index (χ2v) is 6.28. The van der Waals surface area contributed by atoms with Gasteiger partial charge in [-0.1, -0.05) is 61.7 Å². The minimum absolute atomic E-state index is 0.0690. The van der Waals surface area contributed by atoms with E-state index in [0.29, 0.717) is 11.1 Å². The first-order chi connectivity index (χ1) is 8.99. The molecule has 100 valence electrons. The van der Waals surface area contributed by atoms with Gasteiger partial charge in [0.15, 0.2) is 0 Å². The molecule has 2 rings (SSSR count). The second kappa shape index (κ2) is 6.35.